The van der Waals surface area contributed by atoms with Crippen molar-refractivity contribution in [1.82, 2.24) is 4.31 Å². The molecule has 0 aliphatic carbocycles. The second-order valence-electron chi connectivity index (χ2n) is 6.87. The number of carbonyl (C=O) groups excluding carboxylic acids is 1. The standard InChI is InChI=1S/C20H20N2O4S/c1-20(2,3)26-19(23)22-9-10-24-17-8-7-16(12-18(17)27-22)25-15-6-4-5-14(11-15)13-21/h4-8,11-12H,9-10H2,1-3H3. The predicted molar refractivity (Wildman–Crippen MR) is 102 cm³/mol. The van der Waals surface area contributed by atoms with Crippen LogP contribution in [0.25, 0.3) is 0 Å². The van der Waals surface area contributed by atoms with Gasteiger partial charge in [0.1, 0.15) is 29.5 Å². The molecule has 0 spiro atoms. The number of amides is 1. The van der Waals surface area contributed by atoms with Gasteiger partial charge in [0, 0.05) is 0 Å². The molecule has 6 nitrogen and oxygen atoms in total. The number of fused-ring (bicyclic) bond motifs is 1. The SMILES string of the molecule is CC(C)(C)OC(=O)N1CCOc2ccc(Oc3cccc(C#N)c3)cc2S1. The summed E-state index contributed by atoms with van der Waals surface area (Å²) in [6, 6.07) is 14.4. The van der Waals surface area contributed by atoms with Crippen molar-refractivity contribution in [1.29, 1.82) is 5.26 Å². The zero-order valence-electron chi connectivity index (χ0n) is 15.4. The summed E-state index contributed by atoms with van der Waals surface area (Å²) >= 11 is 1.26. The van der Waals surface area contributed by atoms with E-state index >= 15 is 0 Å². The Balaban J connectivity index is 1.79. The molecule has 0 unspecified atom stereocenters. The first-order valence-electron chi connectivity index (χ1n) is 8.47. The minimum absolute atomic E-state index is 0.379. The summed E-state index contributed by atoms with van der Waals surface area (Å²) < 4.78 is 18.6. The van der Waals surface area contributed by atoms with Crippen molar-refractivity contribution in [2.45, 2.75) is 31.3 Å². The zero-order valence-corrected chi connectivity index (χ0v) is 16.2. The highest BCUT2D eigenvalue weighted by molar-refractivity contribution is 7.97. The molecule has 2 aromatic rings. The van der Waals surface area contributed by atoms with Gasteiger partial charge < -0.3 is 14.2 Å². The molecule has 1 amide bonds. The third-order valence-corrected chi connectivity index (χ3v) is 4.54. The van der Waals surface area contributed by atoms with Crippen LogP contribution in [0.2, 0.25) is 0 Å². The molecule has 0 bridgehead atoms. The molecule has 1 aliphatic rings. The molecule has 0 radical (unpaired) electrons. The van der Waals surface area contributed by atoms with E-state index in [2.05, 4.69) is 6.07 Å². The van der Waals surface area contributed by atoms with Crippen molar-refractivity contribution < 1.29 is 19.0 Å². The fourth-order valence-electron chi connectivity index (χ4n) is 2.35. The van der Waals surface area contributed by atoms with Crippen LogP contribution in [0.1, 0.15) is 26.3 Å². The van der Waals surface area contributed by atoms with E-state index in [0.29, 0.717) is 36.0 Å². The first kappa shape index (κ1) is 18.9. The molecule has 3 rings (SSSR count). The quantitative estimate of drug-likeness (QED) is 0.680. The first-order valence-corrected chi connectivity index (χ1v) is 9.25. The van der Waals surface area contributed by atoms with Crippen LogP contribution in [0, 0.1) is 11.3 Å². The third kappa shape index (κ3) is 5.08. The predicted octanol–water partition coefficient (Wildman–Crippen LogP) is 4.99. The lowest BCUT2D eigenvalue weighted by Crippen LogP contribution is -2.34. The minimum atomic E-state index is -0.565. The van der Waals surface area contributed by atoms with Crippen LogP contribution in [0.3, 0.4) is 0 Å². The van der Waals surface area contributed by atoms with Gasteiger partial charge in [0.15, 0.2) is 0 Å². The average molecular weight is 384 g/mol. The van der Waals surface area contributed by atoms with Gasteiger partial charge in [-0.2, -0.15) is 5.26 Å². The number of hydrogen-bond acceptors (Lipinski definition) is 6. The maximum Gasteiger partial charge on any atom is 0.420 e. The maximum absolute atomic E-state index is 12.4. The molecule has 1 heterocycles. The van der Waals surface area contributed by atoms with Crippen LogP contribution >= 0.6 is 11.9 Å². The van der Waals surface area contributed by atoms with Crippen LogP contribution in [0.5, 0.6) is 17.2 Å². The normalized spacial score (nSPS) is 13.6. The lowest BCUT2D eigenvalue weighted by atomic mass is 10.2. The number of hydrogen-bond donors (Lipinski definition) is 0. The van der Waals surface area contributed by atoms with Gasteiger partial charge in [-0.25, -0.2) is 9.10 Å². The molecule has 0 atom stereocenters. The Morgan fingerprint density at radius 1 is 1.22 bits per heavy atom. The molecule has 0 saturated heterocycles. The van der Waals surface area contributed by atoms with Crippen LogP contribution in [-0.4, -0.2) is 29.2 Å². The summed E-state index contributed by atoms with van der Waals surface area (Å²) in [5.41, 5.74) is -0.0410. The highest BCUT2D eigenvalue weighted by Crippen LogP contribution is 2.38. The summed E-state index contributed by atoms with van der Waals surface area (Å²) in [5, 5.41) is 9.00. The molecule has 0 N–H and O–H groups in total. The number of ether oxygens (including phenoxy) is 3. The number of nitriles is 1. The Hall–Kier alpha value is -2.85. The van der Waals surface area contributed by atoms with Crippen molar-refractivity contribution >= 4 is 18.0 Å². The van der Waals surface area contributed by atoms with E-state index in [9.17, 15) is 4.79 Å². The number of carbonyl (C=O) groups is 1. The van der Waals surface area contributed by atoms with Crippen molar-refractivity contribution in [2.75, 3.05) is 13.2 Å². The Morgan fingerprint density at radius 3 is 2.74 bits per heavy atom. The fourth-order valence-corrected chi connectivity index (χ4v) is 3.25. The van der Waals surface area contributed by atoms with Gasteiger partial charge in [0.2, 0.25) is 0 Å². The van der Waals surface area contributed by atoms with Gasteiger partial charge >= 0.3 is 6.09 Å². The number of rotatable bonds is 2. The Kier molecular flexibility index (Phi) is 5.47. The first-order chi connectivity index (χ1) is 12.8. The fraction of sp³-hybridized carbons (Fsp3) is 0.300. The second-order valence-corrected chi connectivity index (χ2v) is 7.94. The van der Waals surface area contributed by atoms with Crippen molar-refractivity contribution in [3.63, 3.8) is 0 Å². The highest BCUT2D eigenvalue weighted by Gasteiger charge is 2.26. The molecular weight excluding hydrogens is 364 g/mol. The molecule has 0 saturated carbocycles. The molecule has 2 aromatic carbocycles. The van der Waals surface area contributed by atoms with Gasteiger partial charge in [-0.15, -0.1) is 0 Å². The largest absolute Gasteiger partial charge is 0.490 e. The topological polar surface area (TPSA) is 71.8 Å². The van der Waals surface area contributed by atoms with E-state index in [-0.39, 0.29) is 0 Å². The summed E-state index contributed by atoms with van der Waals surface area (Å²) in [5.74, 6) is 1.84. The van der Waals surface area contributed by atoms with E-state index in [1.165, 1.54) is 16.3 Å². The molecule has 7 heteroatoms. The van der Waals surface area contributed by atoms with Gasteiger partial charge in [0.25, 0.3) is 0 Å². The van der Waals surface area contributed by atoms with Crippen LogP contribution in [0.4, 0.5) is 4.79 Å². The molecule has 140 valence electrons. The van der Waals surface area contributed by atoms with E-state index < -0.39 is 11.7 Å². The van der Waals surface area contributed by atoms with Gasteiger partial charge in [0.05, 0.1) is 23.1 Å². The summed E-state index contributed by atoms with van der Waals surface area (Å²) in [7, 11) is 0. The molecule has 27 heavy (non-hydrogen) atoms. The van der Waals surface area contributed by atoms with Crippen LogP contribution < -0.4 is 9.47 Å². The Labute approximate surface area is 162 Å². The van der Waals surface area contributed by atoms with Crippen molar-refractivity contribution in [2.24, 2.45) is 0 Å². The molecular formula is C20H20N2O4S. The minimum Gasteiger partial charge on any atom is -0.490 e. The van der Waals surface area contributed by atoms with Crippen molar-refractivity contribution in [3.05, 3.63) is 48.0 Å². The number of benzene rings is 2. The molecule has 0 fully saturated rings. The molecule has 0 aromatic heterocycles. The van der Waals surface area contributed by atoms with E-state index in [0.717, 1.165) is 4.90 Å². The van der Waals surface area contributed by atoms with E-state index in [1.54, 1.807) is 30.3 Å². The van der Waals surface area contributed by atoms with Gasteiger partial charge in [-0.05, 0) is 69.1 Å². The highest BCUT2D eigenvalue weighted by atomic mass is 32.2. The van der Waals surface area contributed by atoms with Crippen LogP contribution in [0.15, 0.2) is 47.4 Å². The summed E-state index contributed by atoms with van der Waals surface area (Å²) in [4.78, 5) is 13.1. The average Bonchev–Trinajstić information content (AvgIpc) is 2.82. The maximum atomic E-state index is 12.4. The monoisotopic (exact) mass is 384 g/mol. The smallest absolute Gasteiger partial charge is 0.420 e. The summed E-state index contributed by atoms with van der Waals surface area (Å²) in [6.07, 6.45) is -0.406. The molecule has 1 aliphatic heterocycles. The summed E-state index contributed by atoms with van der Waals surface area (Å²) in [6.45, 7) is 6.29. The third-order valence-electron chi connectivity index (χ3n) is 3.47. The van der Waals surface area contributed by atoms with E-state index in [1.807, 2.05) is 32.9 Å². The van der Waals surface area contributed by atoms with Crippen LogP contribution in [-0.2, 0) is 4.74 Å². The number of nitrogens with zero attached hydrogens (tertiary/aromatic N) is 2. The second kappa shape index (κ2) is 7.80. The van der Waals surface area contributed by atoms with Crippen molar-refractivity contribution in [3.8, 4) is 23.3 Å². The van der Waals surface area contributed by atoms with E-state index in [4.69, 9.17) is 19.5 Å². The Bertz CT molecular complexity index is 886. The lowest BCUT2D eigenvalue weighted by Gasteiger charge is -2.25. The Morgan fingerprint density at radius 2 is 2.00 bits per heavy atom. The lowest BCUT2D eigenvalue weighted by molar-refractivity contribution is 0.0394. The van der Waals surface area contributed by atoms with Gasteiger partial charge in [-0.1, -0.05) is 6.07 Å². The zero-order chi connectivity index (χ0) is 19.4. The van der Waals surface area contributed by atoms with Gasteiger partial charge in [-0.3, -0.25) is 0 Å².